The largest absolute Gasteiger partial charge is 0.355 e. The van der Waals surface area contributed by atoms with Crippen molar-refractivity contribution < 1.29 is 4.79 Å². The summed E-state index contributed by atoms with van der Waals surface area (Å²) in [7, 11) is 0. The van der Waals surface area contributed by atoms with Gasteiger partial charge < -0.3 is 5.32 Å². The molecule has 0 bridgehead atoms. The number of carbonyl (C=O) groups excluding carboxylic acids is 1. The third kappa shape index (κ3) is 4.93. The summed E-state index contributed by atoms with van der Waals surface area (Å²) in [6.07, 6.45) is 0. The molecule has 1 aromatic heterocycles. The molecule has 2 aromatic carbocycles. The number of aromatic amines is 1. The molecule has 0 saturated heterocycles. The van der Waals surface area contributed by atoms with Gasteiger partial charge >= 0.3 is 0 Å². The average molecular weight is 352 g/mol. The van der Waals surface area contributed by atoms with Crippen molar-refractivity contribution in [1.29, 1.82) is 0 Å². The Kier molecular flexibility index (Phi) is 5.85. The predicted molar refractivity (Wildman–Crippen MR) is 100 cm³/mol. The first kappa shape index (κ1) is 17.2. The average Bonchev–Trinajstić information content (AvgIpc) is 3.15. The van der Waals surface area contributed by atoms with Gasteiger partial charge in [0.2, 0.25) is 11.1 Å². The molecule has 25 heavy (non-hydrogen) atoms. The molecule has 3 aromatic rings. The second-order valence-corrected chi connectivity index (χ2v) is 6.68. The molecule has 0 aliphatic rings. The fourth-order valence-electron chi connectivity index (χ4n) is 2.38. The van der Waals surface area contributed by atoms with Crippen molar-refractivity contribution in [3.05, 3.63) is 66.2 Å². The Morgan fingerprint density at radius 1 is 1.12 bits per heavy atom. The Bertz CT molecular complexity index is 805. The van der Waals surface area contributed by atoms with Gasteiger partial charge in [0.25, 0.3) is 0 Å². The minimum Gasteiger partial charge on any atom is -0.355 e. The minimum atomic E-state index is -0.0150. The van der Waals surface area contributed by atoms with E-state index < -0.39 is 0 Å². The van der Waals surface area contributed by atoms with Crippen LogP contribution >= 0.6 is 11.8 Å². The third-order valence-electron chi connectivity index (χ3n) is 3.82. The zero-order valence-corrected chi connectivity index (χ0v) is 14.8. The first-order valence-electron chi connectivity index (χ1n) is 8.14. The number of amides is 1. The molecule has 1 atom stereocenters. The van der Waals surface area contributed by atoms with Crippen molar-refractivity contribution >= 4 is 17.7 Å². The van der Waals surface area contributed by atoms with Gasteiger partial charge in [0.1, 0.15) is 0 Å². The number of nitrogens with one attached hydrogen (secondary N) is 2. The molecule has 1 amide bonds. The van der Waals surface area contributed by atoms with Crippen LogP contribution in [0.3, 0.4) is 0 Å². The lowest BCUT2D eigenvalue weighted by Crippen LogP contribution is -2.29. The van der Waals surface area contributed by atoms with Crippen molar-refractivity contribution in [2.24, 2.45) is 0 Å². The topological polar surface area (TPSA) is 70.7 Å². The highest BCUT2D eigenvalue weighted by molar-refractivity contribution is 7.99. The molecule has 5 nitrogen and oxygen atoms in total. The quantitative estimate of drug-likeness (QED) is 0.639. The van der Waals surface area contributed by atoms with Crippen LogP contribution in [0.5, 0.6) is 0 Å². The van der Waals surface area contributed by atoms with Crippen LogP contribution in [0.2, 0.25) is 0 Å². The maximum atomic E-state index is 12.0. The number of nitrogens with zero attached hydrogens (tertiary/aromatic N) is 2. The fraction of sp³-hybridized carbons (Fsp3) is 0.211. The third-order valence-corrected chi connectivity index (χ3v) is 4.67. The maximum absolute atomic E-state index is 12.0. The van der Waals surface area contributed by atoms with E-state index in [1.165, 1.54) is 17.3 Å². The highest BCUT2D eigenvalue weighted by Gasteiger charge is 2.10. The van der Waals surface area contributed by atoms with Crippen LogP contribution in [0.1, 0.15) is 18.4 Å². The molecule has 3 rings (SSSR count). The van der Waals surface area contributed by atoms with Crippen LogP contribution in [0.15, 0.2) is 65.8 Å². The van der Waals surface area contributed by atoms with Gasteiger partial charge in [-0.3, -0.25) is 9.89 Å². The van der Waals surface area contributed by atoms with E-state index >= 15 is 0 Å². The van der Waals surface area contributed by atoms with Gasteiger partial charge in [0, 0.05) is 12.1 Å². The molecule has 1 heterocycles. The normalized spacial score (nSPS) is 11.9. The monoisotopic (exact) mass is 352 g/mol. The fourth-order valence-corrected chi connectivity index (χ4v) is 3.01. The molecule has 1 unspecified atom stereocenters. The molecule has 0 radical (unpaired) electrons. The van der Waals surface area contributed by atoms with Crippen LogP contribution in [-0.2, 0) is 4.79 Å². The van der Waals surface area contributed by atoms with E-state index in [-0.39, 0.29) is 11.8 Å². The lowest BCUT2D eigenvalue weighted by Gasteiger charge is -2.12. The lowest BCUT2D eigenvalue weighted by atomic mass is 10.0. The van der Waals surface area contributed by atoms with Gasteiger partial charge in [-0.05, 0) is 11.5 Å². The molecule has 0 aliphatic heterocycles. The summed E-state index contributed by atoms with van der Waals surface area (Å²) < 4.78 is 0. The first-order chi connectivity index (χ1) is 12.2. The number of carbonyl (C=O) groups is 1. The summed E-state index contributed by atoms with van der Waals surface area (Å²) in [5, 5.41) is 10.6. The molecule has 0 fully saturated rings. The van der Waals surface area contributed by atoms with E-state index in [1.807, 2.05) is 48.5 Å². The maximum Gasteiger partial charge on any atom is 0.230 e. The Morgan fingerprint density at radius 2 is 1.80 bits per heavy atom. The van der Waals surface area contributed by atoms with E-state index in [0.717, 1.165) is 5.56 Å². The predicted octanol–water partition coefficient (Wildman–Crippen LogP) is 3.48. The van der Waals surface area contributed by atoms with Gasteiger partial charge in [-0.15, -0.1) is 5.10 Å². The highest BCUT2D eigenvalue weighted by atomic mass is 32.2. The van der Waals surface area contributed by atoms with Crippen molar-refractivity contribution in [2.75, 3.05) is 12.3 Å². The van der Waals surface area contributed by atoms with Crippen molar-refractivity contribution in [3.63, 3.8) is 0 Å². The second kappa shape index (κ2) is 8.48. The lowest BCUT2D eigenvalue weighted by molar-refractivity contribution is -0.118. The van der Waals surface area contributed by atoms with Crippen LogP contribution in [0, 0.1) is 0 Å². The summed E-state index contributed by atoms with van der Waals surface area (Å²) in [6, 6.07) is 19.9. The van der Waals surface area contributed by atoms with Gasteiger partial charge in [-0.2, -0.15) is 0 Å². The molecular formula is C19H20N4OS. The molecule has 0 saturated carbocycles. The van der Waals surface area contributed by atoms with Crippen molar-refractivity contribution in [1.82, 2.24) is 20.5 Å². The SMILES string of the molecule is CC(CNC(=O)CSc1n[nH]c(-c2ccccc2)n1)c1ccccc1. The Hall–Kier alpha value is -2.60. The Labute approximate surface area is 151 Å². The summed E-state index contributed by atoms with van der Waals surface area (Å²) in [4.78, 5) is 16.4. The zero-order chi connectivity index (χ0) is 17.5. The van der Waals surface area contributed by atoms with Crippen LogP contribution in [-0.4, -0.2) is 33.4 Å². The summed E-state index contributed by atoms with van der Waals surface area (Å²) in [5.74, 6) is 1.27. The number of hydrogen-bond donors (Lipinski definition) is 2. The number of H-pyrrole nitrogens is 1. The van der Waals surface area contributed by atoms with Gasteiger partial charge in [0.05, 0.1) is 5.75 Å². The number of thioether (sulfide) groups is 1. The molecule has 6 heteroatoms. The zero-order valence-electron chi connectivity index (χ0n) is 14.0. The van der Waals surface area contributed by atoms with Crippen molar-refractivity contribution in [3.8, 4) is 11.4 Å². The molecule has 2 N–H and O–H groups in total. The molecule has 0 spiro atoms. The first-order valence-corrected chi connectivity index (χ1v) is 9.13. The highest BCUT2D eigenvalue weighted by Crippen LogP contribution is 2.18. The summed E-state index contributed by atoms with van der Waals surface area (Å²) in [6.45, 7) is 2.72. The Balaban J connectivity index is 1.46. The van der Waals surface area contributed by atoms with Gasteiger partial charge in [-0.1, -0.05) is 79.3 Å². The molecular weight excluding hydrogens is 332 g/mol. The van der Waals surface area contributed by atoms with E-state index in [1.54, 1.807) is 0 Å². The van der Waals surface area contributed by atoms with E-state index in [4.69, 9.17) is 0 Å². The number of aromatic nitrogens is 3. The van der Waals surface area contributed by atoms with Gasteiger partial charge in [-0.25, -0.2) is 4.98 Å². The summed E-state index contributed by atoms with van der Waals surface area (Å²) in [5.41, 5.74) is 2.19. The smallest absolute Gasteiger partial charge is 0.230 e. The number of rotatable bonds is 7. The van der Waals surface area contributed by atoms with Gasteiger partial charge in [0.15, 0.2) is 5.82 Å². The number of hydrogen-bond acceptors (Lipinski definition) is 4. The van der Waals surface area contributed by atoms with Crippen molar-refractivity contribution in [2.45, 2.75) is 18.0 Å². The van der Waals surface area contributed by atoms with Crippen LogP contribution < -0.4 is 5.32 Å². The minimum absolute atomic E-state index is 0.0150. The molecule has 0 aliphatic carbocycles. The van der Waals surface area contributed by atoms with Crippen LogP contribution in [0.4, 0.5) is 0 Å². The number of benzene rings is 2. The van der Waals surface area contributed by atoms with Crippen LogP contribution in [0.25, 0.3) is 11.4 Å². The van der Waals surface area contributed by atoms with E-state index in [2.05, 4.69) is 39.6 Å². The second-order valence-electron chi connectivity index (χ2n) is 5.74. The van der Waals surface area contributed by atoms with E-state index in [0.29, 0.717) is 23.3 Å². The Morgan fingerprint density at radius 3 is 2.52 bits per heavy atom. The molecule has 128 valence electrons. The van der Waals surface area contributed by atoms with E-state index in [9.17, 15) is 4.79 Å². The summed E-state index contributed by atoms with van der Waals surface area (Å²) >= 11 is 1.33. The standard InChI is InChI=1S/C19H20N4OS/c1-14(15-8-4-2-5-9-15)12-20-17(24)13-25-19-21-18(22-23-19)16-10-6-3-7-11-16/h2-11,14H,12-13H2,1H3,(H,20,24)(H,21,22,23).